The van der Waals surface area contributed by atoms with Crippen LogP contribution in [0.25, 0.3) is 11.3 Å². The van der Waals surface area contributed by atoms with Crippen molar-refractivity contribution >= 4 is 17.3 Å². The second-order valence-corrected chi connectivity index (χ2v) is 4.97. The zero-order valence-corrected chi connectivity index (χ0v) is 11.8. The number of oxazole rings is 1. The van der Waals surface area contributed by atoms with Crippen LogP contribution in [0.15, 0.2) is 59.5 Å². The summed E-state index contributed by atoms with van der Waals surface area (Å²) in [5.41, 5.74) is 2.35. The van der Waals surface area contributed by atoms with Gasteiger partial charge in [0.25, 0.3) is 0 Å². The molecule has 0 aliphatic rings. The smallest absolute Gasteiger partial charge is 0.181 e. The Balaban J connectivity index is 1.70. The third-order valence-electron chi connectivity index (χ3n) is 3.09. The van der Waals surface area contributed by atoms with E-state index in [0.29, 0.717) is 22.9 Å². The van der Waals surface area contributed by atoms with Gasteiger partial charge in [-0.15, -0.1) is 0 Å². The van der Waals surface area contributed by atoms with Crippen molar-refractivity contribution in [2.24, 2.45) is 0 Å². The molecule has 3 rings (SSSR count). The van der Waals surface area contributed by atoms with Crippen LogP contribution in [0.1, 0.15) is 5.56 Å². The summed E-state index contributed by atoms with van der Waals surface area (Å²) >= 11 is 5.87. The topological polar surface area (TPSA) is 38.1 Å². The van der Waals surface area contributed by atoms with Gasteiger partial charge in [-0.25, -0.2) is 9.37 Å². The molecule has 106 valence electrons. The van der Waals surface area contributed by atoms with Gasteiger partial charge in [0.1, 0.15) is 5.82 Å². The zero-order valence-electron chi connectivity index (χ0n) is 11.0. The van der Waals surface area contributed by atoms with Crippen LogP contribution in [0.4, 0.5) is 10.1 Å². The highest BCUT2D eigenvalue weighted by Gasteiger charge is 2.04. The molecule has 21 heavy (non-hydrogen) atoms. The first-order chi connectivity index (χ1) is 10.2. The molecule has 0 atom stereocenters. The second-order valence-electron chi connectivity index (χ2n) is 4.53. The Hall–Kier alpha value is -2.33. The molecule has 3 nitrogen and oxygen atoms in total. The molecular formula is C16H12ClFN2O. The van der Waals surface area contributed by atoms with Crippen molar-refractivity contribution in [3.05, 3.63) is 71.5 Å². The lowest BCUT2D eigenvalue weighted by atomic mass is 10.1. The first kappa shape index (κ1) is 13.6. The van der Waals surface area contributed by atoms with Gasteiger partial charge in [-0.3, -0.25) is 0 Å². The van der Waals surface area contributed by atoms with Gasteiger partial charge < -0.3 is 9.73 Å². The molecule has 0 saturated heterocycles. The number of nitrogens with one attached hydrogen (secondary N) is 1. The number of hydrogen-bond acceptors (Lipinski definition) is 3. The highest BCUT2D eigenvalue weighted by Crippen LogP contribution is 2.21. The molecule has 0 spiro atoms. The molecule has 0 fully saturated rings. The van der Waals surface area contributed by atoms with Crippen LogP contribution >= 0.6 is 11.6 Å². The van der Waals surface area contributed by atoms with E-state index in [1.165, 1.54) is 18.5 Å². The quantitative estimate of drug-likeness (QED) is 0.756. The number of benzene rings is 2. The standard InChI is InChI=1S/C16H12ClFN2O/c17-13-3-6-15(18)12(7-13)8-20-14-4-1-11(2-5-14)16-9-19-10-21-16/h1-7,9-10,20H,8H2. The first-order valence-corrected chi connectivity index (χ1v) is 6.77. The predicted octanol–water partition coefficient (Wildman–Crippen LogP) is 4.75. The molecule has 0 bridgehead atoms. The van der Waals surface area contributed by atoms with Gasteiger partial charge in [0.15, 0.2) is 12.2 Å². The minimum atomic E-state index is -0.273. The summed E-state index contributed by atoms with van der Waals surface area (Å²) in [5, 5.41) is 3.68. The van der Waals surface area contributed by atoms with Crippen molar-refractivity contribution in [3.8, 4) is 11.3 Å². The van der Waals surface area contributed by atoms with Gasteiger partial charge in [-0.1, -0.05) is 11.6 Å². The average Bonchev–Trinajstić information content (AvgIpc) is 3.03. The van der Waals surface area contributed by atoms with Crippen LogP contribution in [0.5, 0.6) is 0 Å². The third kappa shape index (κ3) is 3.23. The van der Waals surface area contributed by atoms with E-state index in [1.807, 2.05) is 24.3 Å². The maximum Gasteiger partial charge on any atom is 0.181 e. The summed E-state index contributed by atoms with van der Waals surface area (Å²) in [6.45, 7) is 0.369. The molecule has 0 unspecified atom stereocenters. The van der Waals surface area contributed by atoms with Gasteiger partial charge >= 0.3 is 0 Å². The fourth-order valence-corrected chi connectivity index (χ4v) is 2.18. The van der Waals surface area contributed by atoms with Crippen LogP contribution in [0.3, 0.4) is 0 Å². The Labute approximate surface area is 126 Å². The highest BCUT2D eigenvalue weighted by molar-refractivity contribution is 6.30. The Morgan fingerprint density at radius 3 is 2.67 bits per heavy atom. The van der Waals surface area contributed by atoms with Crippen LogP contribution < -0.4 is 5.32 Å². The van der Waals surface area contributed by atoms with Gasteiger partial charge in [-0.05, 0) is 42.5 Å². The van der Waals surface area contributed by atoms with Crippen LogP contribution in [0, 0.1) is 5.82 Å². The summed E-state index contributed by atoms with van der Waals surface area (Å²) in [6, 6.07) is 12.2. The monoisotopic (exact) mass is 302 g/mol. The van der Waals surface area contributed by atoms with E-state index in [4.69, 9.17) is 16.0 Å². The van der Waals surface area contributed by atoms with E-state index >= 15 is 0 Å². The summed E-state index contributed by atoms with van der Waals surface area (Å²) < 4.78 is 18.8. The van der Waals surface area contributed by atoms with E-state index < -0.39 is 0 Å². The Kier molecular flexibility index (Phi) is 3.88. The van der Waals surface area contributed by atoms with Crippen molar-refractivity contribution in [2.75, 3.05) is 5.32 Å². The number of anilines is 1. The lowest BCUT2D eigenvalue weighted by Crippen LogP contribution is -2.01. The van der Waals surface area contributed by atoms with E-state index in [9.17, 15) is 4.39 Å². The lowest BCUT2D eigenvalue weighted by molar-refractivity contribution is 0.572. The van der Waals surface area contributed by atoms with Crippen molar-refractivity contribution in [3.63, 3.8) is 0 Å². The van der Waals surface area contributed by atoms with Crippen molar-refractivity contribution in [1.29, 1.82) is 0 Å². The largest absolute Gasteiger partial charge is 0.444 e. The number of aromatic nitrogens is 1. The molecule has 5 heteroatoms. The third-order valence-corrected chi connectivity index (χ3v) is 3.33. The molecule has 2 aromatic carbocycles. The number of rotatable bonds is 4. The molecule has 1 aromatic heterocycles. The average molecular weight is 303 g/mol. The van der Waals surface area contributed by atoms with Crippen LogP contribution in [-0.4, -0.2) is 4.98 Å². The molecule has 1 heterocycles. The first-order valence-electron chi connectivity index (χ1n) is 6.39. The minimum absolute atomic E-state index is 0.273. The predicted molar refractivity (Wildman–Crippen MR) is 80.7 cm³/mol. The molecule has 1 N–H and O–H groups in total. The summed E-state index contributed by atoms with van der Waals surface area (Å²) in [5.74, 6) is 0.438. The van der Waals surface area contributed by atoms with Gasteiger partial charge in [-0.2, -0.15) is 0 Å². The SMILES string of the molecule is Fc1ccc(Cl)cc1CNc1ccc(-c2cnco2)cc1. The van der Waals surface area contributed by atoms with Gasteiger partial charge in [0, 0.05) is 28.4 Å². The van der Waals surface area contributed by atoms with E-state index in [-0.39, 0.29) is 5.82 Å². The minimum Gasteiger partial charge on any atom is -0.444 e. The molecule has 0 aliphatic heterocycles. The zero-order chi connectivity index (χ0) is 14.7. The van der Waals surface area contributed by atoms with Crippen LogP contribution in [0.2, 0.25) is 5.02 Å². The van der Waals surface area contributed by atoms with Gasteiger partial charge in [0.05, 0.1) is 6.20 Å². The molecule has 3 aromatic rings. The molecular weight excluding hydrogens is 291 g/mol. The van der Waals surface area contributed by atoms with E-state index in [1.54, 1.807) is 12.3 Å². The number of hydrogen-bond donors (Lipinski definition) is 1. The Morgan fingerprint density at radius 2 is 1.95 bits per heavy atom. The van der Waals surface area contributed by atoms with E-state index in [2.05, 4.69) is 10.3 Å². The molecule has 0 radical (unpaired) electrons. The fourth-order valence-electron chi connectivity index (χ4n) is 1.99. The summed E-state index contributed by atoms with van der Waals surface area (Å²) in [4.78, 5) is 3.88. The molecule has 0 saturated carbocycles. The van der Waals surface area contributed by atoms with Crippen molar-refractivity contribution in [1.82, 2.24) is 4.98 Å². The lowest BCUT2D eigenvalue weighted by Gasteiger charge is -2.08. The Morgan fingerprint density at radius 1 is 1.14 bits per heavy atom. The molecule has 0 aliphatic carbocycles. The van der Waals surface area contributed by atoms with Gasteiger partial charge in [0.2, 0.25) is 0 Å². The van der Waals surface area contributed by atoms with Crippen LogP contribution in [-0.2, 0) is 6.54 Å². The second kappa shape index (κ2) is 5.97. The maximum absolute atomic E-state index is 13.6. The van der Waals surface area contributed by atoms with E-state index in [0.717, 1.165) is 11.3 Å². The number of nitrogens with zero attached hydrogens (tertiary/aromatic N) is 1. The van der Waals surface area contributed by atoms with Crippen molar-refractivity contribution < 1.29 is 8.81 Å². The van der Waals surface area contributed by atoms with Crippen molar-refractivity contribution in [2.45, 2.75) is 6.54 Å². The number of halogens is 2. The summed E-state index contributed by atoms with van der Waals surface area (Å²) in [6.07, 6.45) is 3.05. The fraction of sp³-hybridized carbons (Fsp3) is 0.0625. The Bertz CT molecular complexity index is 727. The normalized spacial score (nSPS) is 10.6. The summed E-state index contributed by atoms with van der Waals surface area (Å²) in [7, 11) is 0. The maximum atomic E-state index is 13.6. The molecule has 0 amide bonds. The highest BCUT2D eigenvalue weighted by atomic mass is 35.5.